The molecule has 0 spiro atoms. The van der Waals surface area contributed by atoms with E-state index in [4.69, 9.17) is 17.3 Å². The molecule has 2 unspecified atom stereocenters. The van der Waals surface area contributed by atoms with Gasteiger partial charge in [0.15, 0.2) is 0 Å². The quantitative estimate of drug-likeness (QED) is 0.734. The highest BCUT2D eigenvalue weighted by Gasteiger charge is 2.41. The zero-order chi connectivity index (χ0) is 18.3. The lowest BCUT2D eigenvalue weighted by atomic mass is 9.65. The second-order valence-electron chi connectivity index (χ2n) is 8.44. The lowest BCUT2D eigenvalue weighted by Crippen LogP contribution is -2.53. The molecule has 0 aromatic heterocycles. The monoisotopic (exact) mass is 447 g/mol. The van der Waals surface area contributed by atoms with Crippen molar-refractivity contribution >= 4 is 48.0 Å². The average molecular weight is 449 g/mol. The van der Waals surface area contributed by atoms with Crippen LogP contribution in [0.4, 0.5) is 5.69 Å². The van der Waals surface area contributed by atoms with E-state index in [2.05, 4.69) is 22.8 Å². The molecule has 2 N–H and O–H groups in total. The summed E-state index contributed by atoms with van der Waals surface area (Å²) in [5, 5.41) is 0.772. The predicted octanol–water partition coefficient (Wildman–Crippen LogP) is 4.29. The summed E-state index contributed by atoms with van der Waals surface area (Å²) in [5.41, 5.74) is 8.83. The smallest absolute Gasteiger partial charge is 0.225 e. The van der Waals surface area contributed by atoms with Crippen LogP contribution in [0.1, 0.15) is 37.7 Å². The van der Waals surface area contributed by atoms with Crippen LogP contribution in [-0.2, 0) is 4.79 Å². The first kappa shape index (κ1) is 23.6. The summed E-state index contributed by atoms with van der Waals surface area (Å²) < 4.78 is 0. The van der Waals surface area contributed by atoms with Gasteiger partial charge in [0.1, 0.15) is 0 Å². The van der Waals surface area contributed by atoms with E-state index in [1.54, 1.807) is 0 Å². The van der Waals surface area contributed by atoms with E-state index in [0.717, 1.165) is 44.0 Å². The fraction of sp³-hybridized carbons (Fsp3) is 0.667. The molecule has 3 fully saturated rings. The van der Waals surface area contributed by atoms with Gasteiger partial charge < -0.3 is 15.5 Å². The molecule has 158 valence electrons. The first-order chi connectivity index (χ1) is 12.5. The van der Waals surface area contributed by atoms with E-state index in [0.29, 0.717) is 23.8 Å². The van der Waals surface area contributed by atoms with Crippen molar-refractivity contribution in [3.63, 3.8) is 0 Å². The van der Waals surface area contributed by atoms with Gasteiger partial charge in [-0.2, -0.15) is 0 Å². The van der Waals surface area contributed by atoms with Crippen LogP contribution in [0.2, 0.25) is 5.02 Å². The highest BCUT2D eigenvalue weighted by Crippen LogP contribution is 2.42. The third-order valence-corrected chi connectivity index (χ3v) is 7.10. The van der Waals surface area contributed by atoms with Crippen LogP contribution in [0.25, 0.3) is 0 Å². The number of fused-ring (bicyclic) bond motifs is 2. The van der Waals surface area contributed by atoms with Crippen LogP contribution in [0.15, 0.2) is 18.2 Å². The Hall–Kier alpha value is -0.680. The summed E-state index contributed by atoms with van der Waals surface area (Å²) in [7, 11) is 0. The second kappa shape index (κ2) is 9.88. The number of carbonyl (C=O) groups is 1. The summed E-state index contributed by atoms with van der Waals surface area (Å²) >= 11 is 6.17. The summed E-state index contributed by atoms with van der Waals surface area (Å²) in [6.07, 6.45) is 5.72. The number of halogens is 3. The van der Waals surface area contributed by atoms with Gasteiger partial charge in [-0.1, -0.05) is 24.1 Å². The van der Waals surface area contributed by atoms with Gasteiger partial charge in [-0.3, -0.25) is 4.79 Å². The molecular weight excluding hydrogens is 417 g/mol. The largest absolute Gasteiger partial charge is 0.368 e. The zero-order valence-electron chi connectivity index (χ0n) is 16.5. The number of rotatable bonds is 2. The van der Waals surface area contributed by atoms with Crippen LogP contribution in [-0.4, -0.2) is 43.0 Å². The minimum atomic E-state index is 0. The highest BCUT2D eigenvalue weighted by molar-refractivity contribution is 6.30. The first-order valence-electron chi connectivity index (χ1n) is 10.1. The molecule has 1 aromatic rings. The third kappa shape index (κ3) is 4.72. The molecule has 4 rings (SSSR count). The van der Waals surface area contributed by atoms with Crippen molar-refractivity contribution in [2.75, 3.05) is 31.1 Å². The maximum absolute atomic E-state index is 13.1. The summed E-state index contributed by atoms with van der Waals surface area (Å²) in [6, 6.07) is 6.37. The Labute approximate surface area is 186 Å². The minimum absolute atomic E-state index is 0. The van der Waals surface area contributed by atoms with Crippen LogP contribution in [0.5, 0.6) is 0 Å². The number of nitrogens with two attached hydrogens (primary N) is 1. The number of aryl methyl sites for hydroxylation is 1. The lowest BCUT2D eigenvalue weighted by Gasteiger charge is -2.45. The van der Waals surface area contributed by atoms with Gasteiger partial charge in [0.2, 0.25) is 5.91 Å². The van der Waals surface area contributed by atoms with E-state index < -0.39 is 0 Å². The Balaban J connectivity index is 0.00000140. The summed E-state index contributed by atoms with van der Waals surface area (Å²) in [6.45, 7) is 5.50. The van der Waals surface area contributed by atoms with Gasteiger partial charge in [-0.15, -0.1) is 24.8 Å². The van der Waals surface area contributed by atoms with Gasteiger partial charge >= 0.3 is 0 Å². The molecule has 1 heterocycles. The third-order valence-electron chi connectivity index (χ3n) is 6.87. The summed E-state index contributed by atoms with van der Waals surface area (Å²) in [4.78, 5) is 17.5. The maximum atomic E-state index is 13.1. The number of anilines is 1. The number of nitrogens with zero attached hydrogens (tertiary/aromatic N) is 2. The average Bonchev–Trinajstić information content (AvgIpc) is 2.63. The van der Waals surface area contributed by atoms with Crippen LogP contribution >= 0.6 is 36.4 Å². The SMILES string of the molecule is Cc1ccc(Cl)cc1N1CCN(C(=O)C2CC3CCCC(C2)C3N)CC1.Cl.Cl. The van der Waals surface area contributed by atoms with Gasteiger partial charge in [0.05, 0.1) is 0 Å². The van der Waals surface area contributed by atoms with Crippen molar-refractivity contribution in [3.05, 3.63) is 28.8 Å². The van der Waals surface area contributed by atoms with Gasteiger partial charge in [0, 0.05) is 48.8 Å². The van der Waals surface area contributed by atoms with Crippen LogP contribution in [0, 0.1) is 24.7 Å². The molecule has 3 aliphatic rings. The highest BCUT2D eigenvalue weighted by atomic mass is 35.5. The molecule has 1 saturated heterocycles. The number of amides is 1. The van der Waals surface area contributed by atoms with Crippen molar-refractivity contribution in [3.8, 4) is 0 Å². The Morgan fingerprint density at radius 2 is 1.68 bits per heavy atom. The van der Waals surface area contributed by atoms with Gasteiger partial charge in [-0.25, -0.2) is 0 Å². The normalized spacial score (nSPS) is 29.5. The molecule has 4 nitrogen and oxygen atoms in total. The summed E-state index contributed by atoms with van der Waals surface area (Å²) in [5.74, 6) is 1.69. The molecule has 7 heteroatoms. The lowest BCUT2D eigenvalue weighted by molar-refractivity contribution is -0.138. The fourth-order valence-corrected chi connectivity index (χ4v) is 5.51. The molecule has 2 aliphatic carbocycles. The van der Waals surface area contributed by atoms with Gasteiger partial charge in [-0.05, 0) is 62.1 Å². The van der Waals surface area contributed by atoms with Crippen LogP contribution < -0.4 is 10.6 Å². The topological polar surface area (TPSA) is 49.6 Å². The van der Waals surface area contributed by atoms with Gasteiger partial charge in [0.25, 0.3) is 0 Å². The molecule has 2 saturated carbocycles. The first-order valence-corrected chi connectivity index (χ1v) is 10.5. The molecule has 2 bridgehead atoms. The van der Waals surface area contributed by atoms with E-state index in [1.165, 1.54) is 30.5 Å². The van der Waals surface area contributed by atoms with Crippen molar-refractivity contribution < 1.29 is 4.79 Å². The van der Waals surface area contributed by atoms with E-state index in [1.807, 2.05) is 12.1 Å². The molecule has 28 heavy (non-hydrogen) atoms. The minimum Gasteiger partial charge on any atom is -0.368 e. The fourth-order valence-electron chi connectivity index (χ4n) is 5.34. The predicted molar refractivity (Wildman–Crippen MR) is 121 cm³/mol. The molecule has 0 radical (unpaired) electrons. The standard InChI is InChI=1S/C21H30ClN3O.2ClH/c1-14-5-6-18(22)13-19(14)24-7-9-25(10-8-24)21(26)17-11-15-3-2-4-16(12-17)20(15)23;;/h5-6,13,15-17,20H,2-4,7-12,23H2,1H3;2*1H. The molecule has 1 amide bonds. The number of benzene rings is 1. The molecule has 1 aromatic carbocycles. The Morgan fingerprint density at radius 3 is 2.29 bits per heavy atom. The Morgan fingerprint density at radius 1 is 1.07 bits per heavy atom. The maximum Gasteiger partial charge on any atom is 0.225 e. The molecular formula is C21H32Cl3N3O. The van der Waals surface area contributed by atoms with E-state index in [-0.39, 0.29) is 30.7 Å². The van der Waals surface area contributed by atoms with Crippen molar-refractivity contribution in [1.29, 1.82) is 0 Å². The number of carbonyl (C=O) groups excluding carboxylic acids is 1. The Kier molecular flexibility index (Phi) is 8.33. The van der Waals surface area contributed by atoms with Crippen LogP contribution in [0.3, 0.4) is 0 Å². The molecule has 2 atom stereocenters. The van der Waals surface area contributed by atoms with E-state index in [9.17, 15) is 4.79 Å². The zero-order valence-corrected chi connectivity index (χ0v) is 18.9. The van der Waals surface area contributed by atoms with Crippen molar-refractivity contribution in [2.24, 2.45) is 23.5 Å². The van der Waals surface area contributed by atoms with Crippen molar-refractivity contribution in [1.82, 2.24) is 4.90 Å². The number of hydrogen-bond donors (Lipinski definition) is 1. The van der Waals surface area contributed by atoms with E-state index >= 15 is 0 Å². The number of hydrogen-bond acceptors (Lipinski definition) is 3. The molecule has 1 aliphatic heterocycles. The second-order valence-corrected chi connectivity index (χ2v) is 8.88. The Bertz CT molecular complexity index is 665. The number of piperazine rings is 1. The van der Waals surface area contributed by atoms with Crippen molar-refractivity contribution in [2.45, 2.75) is 45.1 Å².